The highest BCUT2D eigenvalue weighted by atomic mass is 35.5. The number of unbranched alkanes of at least 4 members (excludes halogenated alkanes) is 1. The van der Waals surface area contributed by atoms with E-state index >= 15 is 4.39 Å². The Hall–Kier alpha value is -5.80. The quantitative estimate of drug-likeness (QED) is 0.0460. The number of aldehydes is 1. The summed E-state index contributed by atoms with van der Waals surface area (Å²) in [5, 5.41) is 25.1. The molecule has 5 aromatic rings. The molecule has 5 rings (SSSR count). The second kappa shape index (κ2) is 21.5. The molecule has 3 N–H and O–H groups in total. The van der Waals surface area contributed by atoms with Gasteiger partial charge in [0.2, 0.25) is 0 Å². The molecule has 0 aliphatic heterocycles. The van der Waals surface area contributed by atoms with Crippen LogP contribution in [0.15, 0.2) is 85.2 Å². The molecular formula is C45H46ClFN4O6. The minimum atomic E-state index is -0.850. The number of carboxylic acid groups (broad SMARTS) is 1. The van der Waals surface area contributed by atoms with Gasteiger partial charge in [0.1, 0.15) is 43.7 Å². The molecule has 0 radical (unpaired) electrons. The van der Waals surface area contributed by atoms with Crippen LogP contribution in [0, 0.1) is 31.0 Å². The van der Waals surface area contributed by atoms with Crippen LogP contribution in [0.1, 0.15) is 59.1 Å². The summed E-state index contributed by atoms with van der Waals surface area (Å²) in [6.45, 7) is 6.89. The lowest BCUT2D eigenvalue weighted by atomic mass is 9.89. The van der Waals surface area contributed by atoms with Gasteiger partial charge < -0.3 is 34.7 Å². The average molecular weight is 793 g/mol. The van der Waals surface area contributed by atoms with Crippen molar-refractivity contribution in [3.05, 3.63) is 129 Å². The van der Waals surface area contributed by atoms with Crippen molar-refractivity contribution in [3.63, 3.8) is 0 Å². The van der Waals surface area contributed by atoms with Gasteiger partial charge in [0.25, 0.3) is 0 Å². The van der Waals surface area contributed by atoms with Crippen LogP contribution in [0.3, 0.4) is 0 Å². The molecule has 0 spiro atoms. The van der Waals surface area contributed by atoms with Crippen LogP contribution in [0.2, 0.25) is 5.02 Å². The van der Waals surface area contributed by atoms with Crippen molar-refractivity contribution in [2.24, 2.45) is 0 Å². The highest BCUT2D eigenvalue weighted by molar-refractivity contribution is 6.32. The number of aliphatic carboxylic acids is 1. The van der Waals surface area contributed by atoms with Crippen molar-refractivity contribution < 1.29 is 33.3 Å². The molecular weight excluding hydrogens is 747 g/mol. The first-order chi connectivity index (χ1) is 27.7. The van der Waals surface area contributed by atoms with E-state index in [0.717, 1.165) is 62.8 Å². The maximum atomic E-state index is 15.2. The van der Waals surface area contributed by atoms with Gasteiger partial charge in [0.05, 0.1) is 10.6 Å². The Morgan fingerprint density at radius 3 is 2.37 bits per heavy atom. The Labute approximate surface area is 337 Å². The van der Waals surface area contributed by atoms with Gasteiger partial charge in [-0.05, 0) is 103 Å². The zero-order valence-corrected chi connectivity index (χ0v) is 32.8. The second-order valence-corrected chi connectivity index (χ2v) is 13.9. The van der Waals surface area contributed by atoms with Crippen LogP contribution in [-0.4, -0.2) is 48.6 Å². The van der Waals surface area contributed by atoms with Gasteiger partial charge in [-0.2, -0.15) is 5.26 Å². The summed E-state index contributed by atoms with van der Waals surface area (Å²) >= 11 is 6.76. The smallest absolute Gasteiger partial charge is 0.303 e. The first-order valence-corrected chi connectivity index (χ1v) is 19.2. The molecule has 12 heteroatoms. The summed E-state index contributed by atoms with van der Waals surface area (Å²) in [7, 11) is 0. The first kappa shape index (κ1) is 42.3. The van der Waals surface area contributed by atoms with Gasteiger partial charge in [-0.25, -0.2) is 4.39 Å². The van der Waals surface area contributed by atoms with E-state index in [2.05, 4.69) is 33.8 Å². The number of carbonyl (C=O) groups is 2. The van der Waals surface area contributed by atoms with Crippen LogP contribution in [0.4, 0.5) is 4.39 Å². The molecule has 0 amide bonds. The second-order valence-electron chi connectivity index (χ2n) is 13.5. The number of nitrogens with one attached hydrogen (secondary N) is 2. The monoisotopic (exact) mass is 792 g/mol. The van der Waals surface area contributed by atoms with E-state index in [9.17, 15) is 14.9 Å². The summed E-state index contributed by atoms with van der Waals surface area (Å²) in [4.78, 5) is 25.5. The standard InChI is InChI=1S/C45H46ClFN4O6/c1-30-35(29-57-44-23-43(56-28-33-20-32(24-48)25-51-26-33)36(21-40(44)46)27-50-16-7-12-45(53)54)8-5-10-38(30)39-11-6-9-37(31(39)2)34-13-14-42(41(47)22-34)55-19-17-49-15-3-4-18-52/h5-6,8-11,13-14,18,20-23,25-26,49-50H,3-4,7,12,15-17,19,27-29H2,1-2H3,(H,53,54). The van der Waals surface area contributed by atoms with E-state index in [1.165, 1.54) is 12.3 Å². The Balaban J connectivity index is 1.31. The van der Waals surface area contributed by atoms with E-state index in [-0.39, 0.29) is 25.4 Å². The number of nitrogens with zero attached hydrogens (tertiary/aromatic N) is 2. The highest BCUT2D eigenvalue weighted by Crippen LogP contribution is 2.37. The summed E-state index contributed by atoms with van der Waals surface area (Å²) in [6, 6.07) is 24.4. The van der Waals surface area contributed by atoms with Crippen molar-refractivity contribution in [3.8, 4) is 45.6 Å². The van der Waals surface area contributed by atoms with Crippen LogP contribution < -0.4 is 24.8 Å². The van der Waals surface area contributed by atoms with E-state index in [1.807, 2.05) is 44.2 Å². The number of pyridine rings is 1. The van der Waals surface area contributed by atoms with Crippen molar-refractivity contribution in [2.75, 3.05) is 26.2 Å². The molecule has 0 bridgehead atoms. The maximum absolute atomic E-state index is 15.2. The van der Waals surface area contributed by atoms with Crippen LogP contribution >= 0.6 is 11.6 Å². The van der Waals surface area contributed by atoms with Gasteiger partial charge >= 0.3 is 5.97 Å². The van der Waals surface area contributed by atoms with Crippen molar-refractivity contribution in [2.45, 2.75) is 59.3 Å². The van der Waals surface area contributed by atoms with Crippen molar-refractivity contribution >= 4 is 23.9 Å². The lowest BCUT2D eigenvalue weighted by molar-refractivity contribution is -0.137. The minimum absolute atomic E-state index is 0.0625. The normalized spacial score (nSPS) is 10.9. The van der Waals surface area contributed by atoms with Gasteiger partial charge in [0.15, 0.2) is 11.6 Å². The van der Waals surface area contributed by atoms with Crippen LogP contribution in [0.25, 0.3) is 22.3 Å². The number of carboxylic acids is 1. The molecule has 10 nitrogen and oxygen atoms in total. The van der Waals surface area contributed by atoms with Gasteiger partial charge in [-0.15, -0.1) is 0 Å². The fraction of sp³-hybridized carbons (Fsp3) is 0.289. The SMILES string of the molecule is Cc1c(COc2cc(OCc3cncc(C#N)c3)c(CNCCCC(=O)O)cc2Cl)cccc1-c1cccc(-c2ccc(OCCNCCCC=O)c(F)c2)c1C. The molecule has 296 valence electrons. The Morgan fingerprint density at radius 2 is 1.60 bits per heavy atom. The zero-order chi connectivity index (χ0) is 40.6. The zero-order valence-electron chi connectivity index (χ0n) is 32.1. The predicted molar refractivity (Wildman–Crippen MR) is 218 cm³/mol. The third-order valence-electron chi connectivity index (χ3n) is 9.40. The fourth-order valence-corrected chi connectivity index (χ4v) is 6.56. The first-order valence-electron chi connectivity index (χ1n) is 18.8. The molecule has 0 saturated heterocycles. The fourth-order valence-electron chi connectivity index (χ4n) is 6.32. The Morgan fingerprint density at radius 1 is 0.842 bits per heavy atom. The van der Waals surface area contributed by atoms with E-state index < -0.39 is 11.8 Å². The van der Waals surface area contributed by atoms with E-state index in [1.54, 1.807) is 30.5 Å². The number of hydrogen-bond acceptors (Lipinski definition) is 9. The number of nitriles is 1. The van der Waals surface area contributed by atoms with E-state index in [4.69, 9.17) is 30.9 Å². The molecule has 0 saturated carbocycles. The number of carbonyl (C=O) groups excluding carboxylic acids is 1. The molecule has 1 aromatic heterocycles. The van der Waals surface area contributed by atoms with Gasteiger partial charge in [0, 0.05) is 55.5 Å². The van der Waals surface area contributed by atoms with Gasteiger partial charge in [-0.1, -0.05) is 54.1 Å². The van der Waals surface area contributed by atoms with Crippen LogP contribution in [-0.2, 0) is 29.3 Å². The van der Waals surface area contributed by atoms with Crippen molar-refractivity contribution in [1.29, 1.82) is 5.26 Å². The molecule has 0 unspecified atom stereocenters. The number of benzene rings is 4. The summed E-state index contributed by atoms with van der Waals surface area (Å²) in [6.07, 6.45) is 5.81. The number of rotatable bonds is 22. The molecule has 1 heterocycles. The lowest BCUT2D eigenvalue weighted by Gasteiger charge is -2.18. The summed E-state index contributed by atoms with van der Waals surface area (Å²) < 4.78 is 33.4. The third kappa shape index (κ3) is 12.1. The average Bonchev–Trinajstić information content (AvgIpc) is 3.20. The maximum Gasteiger partial charge on any atom is 0.303 e. The molecule has 0 fully saturated rings. The number of ether oxygens (including phenoxy) is 3. The van der Waals surface area contributed by atoms with Gasteiger partial charge in [-0.3, -0.25) is 9.78 Å². The molecule has 4 aromatic carbocycles. The van der Waals surface area contributed by atoms with Crippen LogP contribution in [0.5, 0.6) is 17.2 Å². The number of halogens is 2. The molecule has 0 atom stereocenters. The number of hydrogen-bond donors (Lipinski definition) is 3. The number of aromatic nitrogens is 1. The molecule has 0 aliphatic carbocycles. The molecule has 57 heavy (non-hydrogen) atoms. The Kier molecular flexibility index (Phi) is 16.0. The summed E-state index contributed by atoms with van der Waals surface area (Å²) in [5.74, 6) is -0.153. The topological polar surface area (TPSA) is 143 Å². The predicted octanol–water partition coefficient (Wildman–Crippen LogP) is 8.76. The van der Waals surface area contributed by atoms with E-state index in [0.29, 0.717) is 67.7 Å². The van der Waals surface area contributed by atoms with Crippen molar-refractivity contribution in [1.82, 2.24) is 15.6 Å². The lowest BCUT2D eigenvalue weighted by Crippen LogP contribution is -2.22. The largest absolute Gasteiger partial charge is 0.489 e. The Bertz CT molecular complexity index is 2210. The minimum Gasteiger partial charge on any atom is -0.489 e. The molecule has 0 aliphatic rings. The summed E-state index contributed by atoms with van der Waals surface area (Å²) in [5.41, 5.74) is 8.55. The highest BCUT2D eigenvalue weighted by Gasteiger charge is 2.16. The third-order valence-corrected chi connectivity index (χ3v) is 9.70.